The second kappa shape index (κ2) is 10.9. The molecule has 0 unspecified atom stereocenters. The van der Waals surface area contributed by atoms with Crippen LogP contribution in [0.5, 0.6) is 0 Å². The molecule has 0 aliphatic heterocycles. The molecule has 0 atom stereocenters. The lowest BCUT2D eigenvalue weighted by molar-refractivity contribution is 0.953. The summed E-state index contributed by atoms with van der Waals surface area (Å²) in [6, 6.07) is 47.0. The van der Waals surface area contributed by atoms with Crippen molar-refractivity contribution in [3.63, 3.8) is 0 Å². The van der Waals surface area contributed by atoms with Crippen molar-refractivity contribution < 1.29 is 0 Å². The SMILES string of the molecule is C=C/C=C\c1c2c(c3ccccc3c1C)-c1cccc3c1c1c4c-2cccc4ccc1n3-c1nc(-c2ccccc2)nc(-c2ccccc2)n1. The Morgan fingerprint density at radius 3 is 1.86 bits per heavy atom. The maximum atomic E-state index is 5.20. The van der Waals surface area contributed by atoms with Gasteiger partial charge in [0.05, 0.1) is 11.0 Å². The zero-order valence-corrected chi connectivity index (χ0v) is 27.4. The highest BCUT2D eigenvalue weighted by Gasteiger charge is 2.29. The molecule has 0 saturated carbocycles. The summed E-state index contributed by atoms with van der Waals surface area (Å²) in [5.41, 5.74) is 11.4. The van der Waals surface area contributed by atoms with Gasteiger partial charge in [0.1, 0.15) is 0 Å². The van der Waals surface area contributed by atoms with Gasteiger partial charge < -0.3 is 0 Å². The predicted octanol–water partition coefficient (Wildman–Crippen LogP) is 11.8. The summed E-state index contributed by atoms with van der Waals surface area (Å²) >= 11 is 0. The predicted molar refractivity (Wildman–Crippen MR) is 208 cm³/mol. The number of hydrogen-bond donors (Lipinski definition) is 0. The Kier molecular flexibility index (Phi) is 6.21. The summed E-state index contributed by atoms with van der Waals surface area (Å²) in [6.45, 7) is 6.25. The number of fused-ring (bicyclic) bond motifs is 5. The highest BCUT2D eigenvalue weighted by atomic mass is 15.2. The average molecular weight is 639 g/mol. The highest BCUT2D eigenvalue weighted by Crippen LogP contribution is 2.53. The quantitative estimate of drug-likeness (QED) is 0.176. The summed E-state index contributed by atoms with van der Waals surface area (Å²) in [5.74, 6) is 1.87. The fourth-order valence-electron chi connectivity index (χ4n) is 8.02. The monoisotopic (exact) mass is 638 g/mol. The molecule has 7 aromatic carbocycles. The van der Waals surface area contributed by atoms with E-state index in [1.165, 1.54) is 65.7 Å². The van der Waals surface area contributed by atoms with Gasteiger partial charge in [-0.05, 0) is 74.0 Å². The van der Waals surface area contributed by atoms with E-state index < -0.39 is 0 Å². The first-order valence-electron chi connectivity index (χ1n) is 16.9. The van der Waals surface area contributed by atoms with Crippen LogP contribution in [0.3, 0.4) is 0 Å². The second-order valence-electron chi connectivity index (χ2n) is 12.8. The van der Waals surface area contributed by atoms with E-state index in [-0.39, 0.29) is 0 Å². The van der Waals surface area contributed by atoms with E-state index >= 15 is 0 Å². The molecule has 1 aliphatic carbocycles. The summed E-state index contributed by atoms with van der Waals surface area (Å²) < 4.78 is 2.24. The fourth-order valence-corrected chi connectivity index (χ4v) is 8.02. The van der Waals surface area contributed by atoms with Gasteiger partial charge in [0.25, 0.3) is 0 Å². The van der Waals surface area contributed by atoms with Crippen LogP contribution in [0.25, 0.3) is 100 Å². The summed E-state index contributed by atoms with van der Waals surface area (Å²) in [5, 5.41) is 7.35. The zero-order chi connectivity index (χ0) is 33.3. The van der Waals surface area contributed by atoms with Crippen LogP contribution in [-0.2, 0) is 0 Å². The largest absolute Gasteiger partial charge is 0.278 e. The van der Waals surface area contributed by atoms with Crippen LogP contribution >= 0.6 is 0 Å². The minimum absolute atomic E-state index is 0.593. The molecule has 0 fully saturated rings. The molecule has 0 saturated heterocycles. The van der Waals surface area contributed by atoms with Crippen molar-refractivity contribution >= 4 is 49.4 Å². The molecular formula is C46H30N4. The standard InChI is InChI=1S/C46H30N4/c1-3-4-20-33-28(2)32-21-11-12-22-34(32)41-36-24-14-25-37-42(36)43-38(27-26-29-19-13-23-35(39(29)43)40(33)41)50(37)46-48-44(30-15-7-5-8-16-30)47-45(49-46)31-17-9-6-10-18-31/h3-27H,1H2,2H3/b20-4-. The third-order valence-corrected chi connectivity index (χ3v) is 10.1. The first-order chi connectivity index (χ1) is 24.7. The molecule has 0 radical (unpaired) electrons. The third-order valence-electron chi connectivity index (χ3n) is 10.1. The van der Waals surface area contributed by atoms with Crippen molar-refractivity contribution in [1.29, 1.82) is 0 Å². The van der Waals surface area contributed by atoms with E-state index in [1.807, 2.05) is 42.5 Å². The molecule has 4 heteroatoms. The van der Waals surface area contributed by atoms with Gasteiger partial charge in [-0.1, -0.05) is 146 Å². The molecule has 0 amide bonds. The van der Waals surface area contributed by atoms with Crippen LogP contribution in [0.2, 0.25) is 0 Å². The number of benzene rings is 7. The summed E-state index contributed by atoms with van der Waals surface area (Å²) in [4.78, 5) is 15.4. The zero-order valence-electron chi connectivity index (χ0n) is 27.4. The van der Waals surface area contributed by atoms with Crippen molar-refractivity contribution in [3.05, 3.63) is 163 Å². The average Bonchev–Trinajstić information content (AvgIpc) is 3.46. The van der Waals surface area contributed by atoms with Crippen LogP contribution in [0.1, 0.15) is 11.1 Å². The number of rotatable bonds is 5. The minimum Gasteiger partial charge on any atom is -0.278 e. The van der Waals surface area contributed by atoms with Crippen LogP contribution in [-0.4, -0.2) is 19.5 Å². The van der Waals surface area contributed by atoms with Crippen molar-refractivity contribution in [2.24, 2.45) is 0 Å². The van der Waals surface area contributed by atoms with Gasteiger partial charge in [-0.25, -0.2) is 4.98 Å². The number of aromatic nitrogens is 4. The van der Waals surface area contributed by atoms with Crippen molar-refractivity contribution in [2.45, 2.75) is 6.92 Å². The Labute approximate surface area is 289 Å². The van der Waals surface area contributed by atoms with E-state index in [9.17, 15) is 0 Å². The lowest BCUT2D eigenvalue weighted by Crippen LogP contribution is -2.06. The lowest BCUT2D eigenvalue weighted by Gasteiger charge is -2.21. The van der Waals surface area contributed by atoms with Gasteiger partial charge in [0, 0.05) is 21.9 Å². The Morgan fingerprint density at radius 1 is 0.540 bits per heavy atom. The molecule has 4 nitrogen and oxygen atoms in total. The molecule has 50 heavy (non-hydrogen) atoms. The Hall–Kier alpha value is -6.65. The normalized spacial score (nSPS) is 12.1. The van der Waals surface area contributed by atoms with Crippen LogP contribution < -0.4 is 0 Å². The summed E-state index contributed by atoms with van der Waals surface area (Å²) in [7, 11) is 0. The van der Waals surface area contributed by atoms with Gasteiger partial charge in [-0.2, -0.15) is 9.97 Å². The van der Waals surface area contributed by atoms with Crippen molar-refractivity contribution in [2.75, 3.05) is 0 Å². The fraction of sp³-hybridized carbons (Fsp3) is 0.0217. The molecule has 0 spiro atoms. The number of nitrogens with zero attached hydrogens (tertiary/aromatic N) is 4. The first kappa shape index (κ1) is 28.4. The molecular weight excluding hydrogens is 609 g/mol. The first-order valence-corrected chi connectivity index (χ1v) is 16.9. The highest BCUT2D eigenvalue weighted by molar-refractivity contribution is 6.32. The van der Waals surface area contributed by atoms with Crippen LogP contribution in [0, 0.1) is 6.92 Å². The molecule has 10 rings (SSSR count). The smallest absolute Gasteiger partial charge is 0.238 e. The Bertz CT molecular complexity index is 2820. The Balaban J connectivity index is 1.40. The molecule has 1 aliphatic rings. The lowest BCUT2D eigenvalue weighted by atomic mass is 9.83. The number of hydrogen-bond acceptors (Lipinski definition) is 3. The molecule has 9 aromatic rings. The number of allylic oxidation sites excluding steroid dienone is 2. The van der Waals surface area contributed by atoms with E-state index in [0.29, 0.717) is 17.6 Å². The van der Waals surface area contributed by atoms with Crippen molar-refractivity contribution in [1.82, 2.24) is 19.5 Å². The van der Waals surface area contributed by atoms with Gasteiger partial charge >= 0.3 is 0 Å². The van der Waals surface area contributed by atoms with Gasteiger partial charge in [-0.3, -0.25) is 4.57 Å². The molecule has 2 aromatic heterocycles. The van der Waals surface area contributed by atoms with E-state index in [1.54, 1.807) is 0 Å². The summed E-state index contributed by atoms with van der Waals surface area (Å²) in [6.07, 6.45) is 6.14. The maximum absolute atomic E-state index is 5.20. The molecule has 0 N–H and O–H groups in total. The Morgan fingerprint density at radius 2 is 1.16 bits per heavy atom. The van der Waals surface area contributed by atoms with Crippen LogP contribution in [0.15, 0.2) is 152 Å². The van der Waals surface area contributed by atoms with Crippen molar-refractivity contribution in [3.8, 4) is 51.0 Å². The molecule has 0 bridgehead atoms. The second-order valence-corrected chi connectivity index (χ2v) is 12.8. The maximum Gasteiger partial charge on any atom is 0.238 e. The van der Waals surface area contributed by atoms with E-state index in [4.69, 9.17) is 15.0 Å². The van der Waals surface area contributed by atoms with E-state index in [2.05, 4.69) is 127 Å². The third kappa shape index (κ3) is 4.02. The van der Waals surface area contributed by atoms with Gasteiger partial charge in [0.15, 0.2) is 11.6 Å². The van der Waals surface area contributed by atoms with Gasteiger partial charge in [0.2, 0.25) is 5.95 Å². The van der Waals surface area contributed by atoms with Crippen LogP contribution in [0.4, 0.5) is 0 Å². The topological polar surface area (TPSA) is 43.6 Å². The van der Waals surface area contributed by atoms with E-state index in [0.717, 1.165) is 22.2 Å². The molecule has 2 heterocycles. The molecule has 234 valence electrons. The number of aryl methyl sites for hydroxylation is 1. The minimum atomic E-state index is 0.593. The van der Waals surface area contributed by atoms with Gasteiger partial charge in [-0.15, -0.1) is 0 Å².